The minimum absolute atomic E-state index is 0.311. The Bertz CT molecular complexity index is 741. The van der Waals surface area contributed by atoms with E-state index in [0.29, 0.717) is 11.2 Å². The topological polar surface area (TPSA) is 17.3 Å². The van der Waals surface area contributed by atoms with E-state index in [1.165, 1.54) is 6.20 Å². The third-order valence-electron chi connectivity index (χ3n) is 2.89. The molecule has 3 rings (SSSR count). The van der Waals surface area contributed by atoms with Gasteiger partial charge in [-0.25, -0.2) is 4.98 Å². The van der Waals surface area contributed by atoms with Crippen LogP contribution >= 0.6 is 0 Å². The Hall–Kier alpha value is -2.04. The number of pyridine rings is 1. The Morgan fingerprint density at radius 2 is 1.89 bits per heavy atom. The highest BCUT2D eigenvalue weighted by molar-refractivity contribution is 5.81. The second kappa shape index (κ2) is 3.48. The summed E-state index contributed by atoms with van der Waals surface area (Å²) in [6, 6.07) is 7.73. The average molecular weight is 250 g/mol. The van der Waals surface area contributed by atoms with E-state index in [0.717, 1.165) is 23.2 Å². The van der Waals surface area contributed by atoms with Gasteiger partial charge in [0, 0.05) is 6.20 Å². The Labute approximate surface area is 101 Å². The van der Waals surface area contributed by atoms with Gasteiger partial charge in [-0.15, -0.1) is 0 Å². The Morgan fingerprint density at radius 3 is 2.61 bits per heavy atom. The van der Waals surface area contributed by atoms with Gasteiger partial charge in [-0.05, 0) is 36.8 Å². The number of fused-ring (bicyclic) bond motifs is 3. The summed E-state index contributed by atoms with van der Waals surface area (Å²) in [7, 11) is 0. The number of aryl methyl sites for hydroxylation is 1. The van der Waals surface area contributed by atoms with Gasteiger partial charge in [-0.2, -0.15) is 13.2 Å². The van der Waals surface area contributed by atoms with Crippen molar-refractivity contribution in [1.29, 1.82) is 0 Å². The largest absolute Gasteiger partial charge is 0.416 e. The van der Waals surface area contributed by atoms with E-state index in [4.69, 9.17) is 0 Å². The van der Waals surface area contributed by atoms with Crippen molar-refractivity contribution >= 4 is 16.7 Å². The molecule has 0 atom stereocenters. The molecule has 92 valence electrons. The number of alkyl halides is 3. The van der Waals surface area contributed by atoms with Crippen molar-refractivity contribution < 1.29 is 13.2 Å². The molecule has 2 nitrogen and oxygen atoms in total. The average Bonchev–Trinajstić information content (AvgIpc) is 2.65. The highest BCUT2D eigenvalue weighted by atomic mass is 19.4. The van der Waals surface area contributed by atoms with E-state index < -0.39 is 11.7 Å². The lowest BCUT2D eigenvalue weighted by molar-refractivity contribution is -0.137. The number of benzene rings is 1. The first-order chi connectivity index (χ1) is 8.45. The van der Waals surface area contributed by atoms with Gasteiger partial charge in [0.2, 0.25) is 0 Å². The SMILES string of the molecule is Cc1ccc2nc3cc(C(F)(F)F)ccn3c2c1. The molecule has 0 saturated heterocycles. The van der Waals surface area contributed by atoms with E-state index in [1.54, 1.807) is 4.40 Å². The van der Waals surface area contributed by atoms with Gasteiger partial charge in [0.05, 0.1) is 16.6 Å². The number of hydrogen-bond acceptors (Lipinski definition) is 1. The van der Waals surface area contributed by atoms with Crippen molar-refractivity contribution in [3.8, 4) is 0 Å². The maximum atomic E-state index is 12.6. The van der Waals surface area contributed by atoms with Gasteiger partial charge >= 0.3 is 6.18 Å². The number of halogens is 3. The summed E-state index contributed by atoms with van der Waals surface area (Å²) < 4.78 is 39.5. The van der Waals surface area contributed by atoms with Crippen molar-refractivity contribution in [2.45, 2.75) is 13.1 Å². The molecule has 5 heteroatoms. The summed E-state index contributed by atoms with van der Waals surface area (Å²) in [6.07, 6.45) is -2.93. The van der Waals surface area contributed by atoms with E-state index in [-0.39, 0.29) is 0 Å². The molecule has 1 aromatic carbocycles. The zero-order valence-electron chi connectivity index (χ0n) is 9.49. The zero-order chi connectivity index (χ0) is 12.9. The van der Waals surface area contributed by atoms with Gasteiger partial charge in [-0.3, -0.25) is 4.40 Å². The standard InChI is InChI=1S/C13H9F3N2/c1-8-2-3-10-11(6-8)18-5-4-9(13(14,15)16)7-12(18)17-10/h2-7H,1H3. The molecule has 18 heavy (non-hydrogen) atoms. The van der Waals surface area contributed by atoms with Crippen LogP contribution in [0.4, 0.5) is 13.2 Å². The third-order valence-corrected chi connectivity index (χ3v) is 2.89. The predicted octanol–water partition coefficient (Wildman–Crippen LogP) is 3.81. The summed E-state index contributed by atoms with van der Waals surface area (Å²) in [4.78, 5) is 4.19. The fourth-order valence-electron chi connectivity index (χ4n) is 2.00. The molecule has 3 aromatic rings. The minimum atomic E-state index is -4.34. The highest BCUT2D eigenvalue weighted by Crippen LogP contribution is 2.30. The fourth-order valence-corrected chi connectivity index (χ4v) is 2.00. The van der Waals surface area contributed by atoms with E-state index >= 15 is 0 Å². The predicted molar refractivity (Wildman–Crippen MR) is 62.4 cm³/mol. The molecule has 0 aliphatic carbocycles. The first kappa shape index (κ1) is 11.1. The van der Waals surface area contributed by atoms with Crippen LogP contribution < -0.4 is 0 Å². The van der Waals surface area contributed by atoms with Crippen molar-refractivity contribution in [1.82, 2.24) is 9.38 Å². The Balaban J connectivity index is 2.34. The van der Waals surface area contributed by atoms with E-state index in [9.17, 15) is 13.2 Å². The molecule has 0 radical (unpaired) electrons. The van der Waals surface area contributed by atoms with Gasteiger partial charge in [-0.1, -0.05) is 6.07 Å². The van der Waals surface area contributed by atoms with E-state index in [1.807, 2.05) is 25.1 Å². The second-order valence-corrected chi connectivity index (χ2v) is 4.25. The van der Waals surface area contributed by atoms with Crippen LogP contribution in [0.15, 0.2) is 36.5 Å². The number of imidazole rings is 1. The van der Waals surface area contributed by atoms with Crippen molar-refractivity contribution in [2.75, 3.05) is 0 Å². The van der Waals surface area contributed by atoms with Crippen LogP contribution in [-0.4, -0.2) is 9.38 Å². The molecule has 2 heterocycles. The maximum Gasteiger partial charge on any atom is 0.416 e. The van der Waals surface area contributed by atoms with Crippen LogP contribution in [0.1, 0.15) is 11.1 Å². The summed E-state index contributed by atoms with van der Waals surface area (Å²) in [5.41, 5.74) is 2.19. The van der Waals surface area contributed by atoms with Gasteiger partial charge in [0.15, 0.2) is 0 Å². The molecular formula is C13H9F3N2. The molecule has 2 aromatic heterocycles. The molecule has 0 aliphatic rings. The van der Waals surface area contributed by atoms with Gasteiger partial charge < -0.3 is 0 Å². The number of aromatic nitrogens is 2. The number of nitrogens with zero attached hydrogens (tertiary/aromatic N) is 2. The summed E-state index contributed by atoms with van der Waals surface area (Å²) in [6.45, 7) is 1.93. The molecule has 0 fully saturated rings. The lowest BCUT2D eigenvalue weighted by Gasteiger charge is -2.06. The van der Waals surface area contributed by atoms with Gasteiger partial charge in [0.1, 0.15) is 5.65 Å². The quantitative estimate of drug-likeness (QED) is 0.593. The van der Waals surface area contributed by atoms with Crippen LogP contribution in [-0.2, 0) is 6.18 Å². The normalized spacial score (nSPS) is 12.4. The molecule has 0 amide bonds. The highest BCUT2D eigenvalue weighted by Gasteiger charge is 2.30. The first-order valence-corrected chi connectivity index (χ1v) is 5.41. The summed E-state index contributed by atoms with van der Waals surface area (Å²) in [5, 5.41) is 0. The van der Waals surface area contributed by atoms with Gasteiger partial charge in [0.25, 0.3) is 0 Å². The molecule has 0 N–H and O–H groups in total. The minimum Gasteiger partial charge on any atom is -0.300 e. The maximum absolute atomic E-state index is 12.6. The second-order valence-electron chi connectivity index (χ2n) is 4.25. The van der Waals surface area contributed by atoms with Crippen LogP contribution in [0, 0.1) is 6.92 Å². The molecular weight excluding hydrogens is 241 g/mol. The molecule has 0 aliphatic heterocycles. The first-order valence-electron chi connectivity index (χ1n) is 5.41. The summed E-state index contributed by atoms with van der Waals surface area (Å²) >= 11 is 0. The smallest absolute Gasteiger partial charge is 0.300 e. The summed E-state index contributed by atoms with van der Waals surface area (Å²) in [5.74, 6) is 0. The Morgan fingerprint density at radius 1 is 1.11 bits per heavy atom. The third kappa shape index (κ3) is 1.63. The van der Waals surface area contributed by atoms with Crippen molar-refractivity contribution in [3.63, 3.8) is 0 Å². The van der Waals surface area contributed by atoms with Crippen molar-refractivity contribution in [3.05, 3.63) is 47.7 Å². The van der Waals surface area contributed by atoms with Crippen LogP contribution in [0.2, 0.25) is 0 Å². The number of rotatable bonds is 0. The molecule has 0 saturated carbocycles. The fraction of sp³-hybridized carbons (Fsp3) is 0.154. The molecule has 0 bridgehead atoms. The van der Waals surface area contributed by atoms with Crippen LogP contribution in [0.25, 0.3) is 16.7 Å². The Kier molecular flexibility index (Phi) is 2.14. The van der Waals surface area contributed by atoms with Crippen molar-refractivity contribution in [2.24, 2.45) is 0 Å². The van der Waals surface area contributed by atoms with Crippen LogP contribution in [0.5, 0.6) is 0 Å². The molecule has 0 spiro atoms. The van der Waals surface area contributed by atoms with Crippen LogP contribution in [0.3, 0.4) is 0 Å². The lowest BCUT2D eigenvalue weighted by Crippen LogP contribution is -2.05. The monoisotopic (exact) mass is 250 g/mol. The number of hydrogen-bond donors (Lipinski definition) is 0. The van der Waals surface area contributed by atoms with E-state index in [2.05, 4.69) is 4.98 Å². The lowest BCUT2D eigenvalue weighted by atomic mass is 10.2. The zero-order valence-corrected chi connectivity index (χ0v) is 9.49. The molecule has 0 unspecified atom stereocenters.